The second kappa shape index (κ2) is 18.9. The summed E-state index contributed by atoms with van der Waals surface area (Å²) >= 11 is 0. The van der Waals surface area contributed by atoms with E-state index in [1.807, 2.05) is 11.8 Å². The lowest BCUT2D eigenvalue weighted by Gasteiger charge is -2.23. The third-order valence-corrected chi connectivity index (χ3v) is 5.99. The fourth-order valence-electron chi connectivity index (χ4n) is 3.36. The van der Waals surface area contributed by atoms with Crippen LogP contribution in [0, 0.1) is 5.41 Å². The van der Waals surface area contributed by atoms with Crippen molar-refractivity contribution in [3.63, 3.8) is 0 Å². The smallest absolute Gasteiger partial charge is 0.311 e. The standard InChI is InChI=1S/C13H27N.C12H20O6/c1-2-3-4-5-6-8-11-14-12-9-7-10-13-14;1-4-12(2,3)11(16)18-8-7-17-10(15)6-5-9(13)14/h2-13H2,1H3;4-8H2,1-3H3,(H,13,14). The van der Waals surface area contributed by atoms with E-state index in [-0.39, 0.29) is 32.0 Å². The van der Waals surface area contributed by atoms with Gasteiger partial charge in [-0.25, -0.2) is 0 Å². The number of quaternary nitrogens is 1. The van der Waals surface area contributed by atoms with Crippen LogP contribution in [0.3, 0.4) is 0 Å². The van der Waals surface area contributed by atoms with Gasteiger partial charge in [-0.3, -0.25) is 9.59 Å². The van der Waals surface area contributed by atoms with Crippen LogP contribution >= 0.6 is 0 Å². The van der Waals surface area contributed by atoms with Crippen molar-refractivity contribution in [1.29, 1.82) is 0 Å². The van der Waals surface area contributed by atoms with Gasteiger partial charge in [-0.1, -0.05) is 39.5 Å². The predicted octanol–water partition coefficient (Wildman–Crippen LogP) is 2.45. The number of aliphatic carboxylic acids is 1. The molecule has 1 heterocycles. The number of ether oxygens (including phenoxy) is 2. The van der Waals surface area contributed by atoms with Crippen molar-refractivity contribution in [2.45, 2.75) is 105 Å². The van der Waals surface area contributed by atoms with Crippen molar-refractivity contribution in [2.24, 2.45) is 5.41 Å². The monoisotopic (exact) mass is 457 g/mol. The summed E-state index contributed by atoms with van der Waals surface area (Å²) < 4.78 is 9.61. The largest absolute Gasteiger partial charge is 0.550 e. The Labute approximate surface area is 195 Å². The van der Waals surface area contributed by atoms with Gasteiger partial charge in [0.05, 0.1) is 31.5 Å². The van der Waals surface area contributed by atoms with Gasteiger partial charge in [-0.05, 0) is 58.8 Å². The van der Waals surface area contributed by atoms with Crippen molar-refractivity contribution in [2.75, 3.05) is 32.8 Å². The molecule has 0 radical (unpaired) electrons. The van der Waals surface area contributed by atoms with E-state index in [2.05, 4.69) is 11.7 Å². The van der Waals surface area contributed by atoms with E-state index in [1.54, 1.807) is 13.8 Å². The number of esters is 2. The summed E-state index contributed by atoms with van der Waals surface area (Å²) in [6.07, 6.45) is 13.2. The predicted molar refractivity (Wildman–Crippen MR) is 123 cm³/mol. The quantitative estimate of drug-likeness (QED) is 0.300. The maximum Gasteiger partial charge on any atom is 0.311 e. The highest BCUT2D eigenvalue weighted by molar-refractivity contribution is 5.76. The van der Waals surface area contributed by atoms with Crippen LogP contribution in [0.4, 0.5) is 0 Å². The fraction of sp³-hybridized carbons (Fsp3) is 0.880. The van der Waals surface area contributed by atoms with Gasteiger partial charge in [0.2, 0.25) is 0 Å². The molecule has 0 saturated carbocycles. The number of carboxylic acids is 1. The Morgan fingerprint density at radius 1 is 0.844 bits per heavy atom. The lowest BCUT2D eigenvalue weighted by molar-refractivity contribution is -0.905. The number of piperidine rings is 1. The fourth-order valence-corrected chi connectivity index (χ4v) is 3.36. The molecule has 0 aliphatic carbocycles. The van der Waals surface area contributed by atoms with Crippen LogP contribution in [0.25, 0.3) is 0 Å². The molecule has 0 amide bonds. The third-order valence-electron chi connectivity index (χ3n) is 5.99. The van der Waals surface area contributed by atoms with E-state index in [4.69, 9.17) is 4.74 Å². The minimum absolute atomic E-state index is 0.0284. The first-order valence-electron chi connectivity index (χ1n) is 12.6. The van der Waals surface area contributed by atoms with Gasteiger partial charge in [0, 0.05) is 5.97 Å². The van der Waals surface area contributed by atoms with Gasteiger partial charge in [-0.2, -0.15) is 0 Å². The van der Waals surface area contributed by atoms with Crippen LogP contribution in [0.15, 0.2) is 0 Å². The van der Waals surface area contributed by atoms with Gasteiger partial charge in [0.1, 0.15) is 13.2 Å². The van der Waals surface area contributed by atoms with Crippen LogP contribution in [-0.4, -0.2) is 50.8 Å². The molecule has 1 fully saturated rings. The molecule has 7 heteroatoms. The molecule has 7 nitrogen and oxygen atoms in total. The molecule has 0 atom stereocenters. The highest BCUT2D eigenvalue weighted by atomic mass is 16.6. The average molecular weight is 458 g/mol. The van der Waals surface area contributed by atoms with Gasteiger partial charge in [0.15, 0.2) is 0 Å². The Kier molecular flexibility index (Phi) is 17.9. The summed E-state index contributed by atoms with van der Waals surface area (Å²) in [6, 6.07) is 0. The highest BCUT2D eigenvalue weighted by Crippen LogP contribution is 2.21. The molecule has 1 N–H and O–H groups in total. The van der Waals surface area contributed by atoms with Crippen molar-refractivity contribution < 1.29 is 33.9 Å². The molecule has 1 saturated heterocycles. The van der Waals surface area contributed by atoms with E-state index < -0.39 is 17.4 Å². The SMILES string of the molecule is CCC(C)(C)C(=O)OCCOC(=O)CCC(=O)[O-].CCCCCCCC[NH+]1CCCCC1. The number of hydrogen-bond donors (Lipinski definition) is 1. The number of rotatable bonds is 15. The van der Waals surface area contributed by atoms with Crippen LogP contribution in [0.5, 0.6) is 0 Å². The maximum absolute atomic E-state index is 11.5. The lowest BCUT2D eigenvalue weighted by atomic mass is 9.91. The van der Waals surface area contributed by atoms with E-state index >= 15 is 0 Å². The molecule has 0 aromatic carbocycles. The Balaban J connectivity index is 0.000000618. The van der Waals surface area contributed by atoms with E-state index in [0.29, 0.717) is 6.42 Å². The number of likely N-dealkylation sites (tertiary alicyclic amines) is 1. The number of unbranched alkanes of at least 4 members (excludes halogenated alkanes) is 5. The summed E-state index contributed by atoms with van der Waals surface area (Å²) in [5.41, 5.74) is -0.557. The number of carboxylic acid groups (broad SMARTS) is 1. The summed E-state index contributed by atoms with van der Waals surface area (Å²) in [6.45, 7) is 12.0. The first-order valence-corrected chi connectivity index (χ1v) is 12.6. The van der Waals surface area contributed by atoms with Crippen LogP contribution in [-0.2, 0) is 23.9 Å². The zero-order valence-corrected chi connectivity index (χ0v) is 21.0. The highest BCUT2D eigenvalue weighted by Gasteiger charge is 2.26. The summed E-state index contributed by atoms with van der Waals surface area (Å²) in [7, 11) is 0. The molecule has 188 valence electrons. The van der Waals surface area contributed by atoms with E-state index in [1.165, 1.54) is 77.4 Å². The van der Waals surface area contributed by atoms with Gasteiger partial charge < -0.3 is 24.3 Å². The Morgan fingerprint density at radius 3 is 2.03 bits per heavy atom. The average Bonchev–Trinajstić information content (AvgIpc) is 2.78. The molecule has 0 spiro atoms. The second-order valence-electron chi connectivity index (χ2n) is 9.29. The molecule has 0 bridgehead atoms. The summed E-state index contributed by atoms with van der Waals surface area (Å²) in [5, 5.41) is 10.1. The maximum atomic E-state index is 11.5. The minimum Gasteiger partial charge on any atom is -0.550 e. The topological polar surface area (TPSA) is 97.2 Å². The summed E-state index contributed by atoms with van der Waals surface area (Å²) in [5.74, 6) is -2.30. The molecule has 1 aliphatic heterocycles. The van der Waals surface area contributed by atoms with Crippen LogP contribution < -0.4 is 10.0 Å². The normalized spacial score (nSPS) is 14.2. The third kappa shape index (κ3) is 17.0. The molecule has 0 aromatic heterocycles. The van der Waals surface area contributed by atoms with Crippen molar-refractivity contribution in [3.05, 3.63) is 0 Å². The summed E-state index contributed by atoms with van der Waals surface area (Å²) in [4.78, 5) is 34.5. The molecular weight excluding hydrogens is 410 g/mol. The van der Waals surface area contributed by atoms with Crippen LogP contribution in [0.1, 0.15) is 105 Å². The Morgan fingerprint density at radius 2 is 1.44 bits per heavy atom. The Hall–Kier alpha value is -1.63. The second-order valence-corrected chi connectivity index (χ2v) is 9.29. The Bertz CT molecular complexity index is 515. The first kappa shape index (κ1) is 30.4. The lowest BCUT2D eigenvalue weighted by Crippen LogP contribution is -3.12. The number of carbonyl (C=O) groups is 3. The van der Waals surface area contributed by atoms with Crippen molar-refractivity contribution >= 4 is 17.9 Å². The zero-order valence-electron chi connectivity index (χ0n) is 21.0. The molecule has 0 unspecified atom stereocenters. The van der Waals surface area contributed by atoms with Gasteiger partial charge in [-0.15, -0.1) is 0 Å². The number of hydrogen-bond acceptors (Lipinski definition) is 6. The number of carbonyl (C=O) groups excluding carboxylic acids is 3. The molecular formula is C25H47NO6. The van der Waals surface area contributed by atoms with Gasteiger partial charge >= 0.3 is 11.9 Å². The number of nitrogens with one attached hydrogen (secondary N) is 1. The molecule has 1 rings (SSSR count). The van der Waals surface area contributed by atoms with Crippen LogP contribution in [0.2, 0.25) is 0 Å². The molecule has 32 heavy (non-hydrogen) atoms. The molecule has 1 aliphatic rings. The molecule has 0 aromatic rings. The van der Waals surface area contributed by atoms with Gasteiger partial charge in [0.25, 0.3) is 0 Å². The zero-order chi connectivity index (χ0) is 24.2. The first-order chi connectivity index (χ1) is 15.2. The van der Waals surface area contributed by atoms with Crippen molar-refractivity contribution in [3.8, 4) is 0 Å². The minimum atomic E-state index is -1.30. The van der Waals surface area contributed by atoms with Crippen molar-refractivity contribution in [1.82, 2.24) is 0 Å². The van der Waals surface area contributed by atoms with E-state index in [9.17, 15) is 19.5 Å². The van der Waals surface area contributed by atoms with E-state index in [0.717, 1.165) is 0 Å².